The lowest BCUT2D eigenvalue weighted by atomic mass is 10.2. The Labute approximate surface area is 76.0 Å². The van der Waals surface area contributed by atoms with Crippen LogP contribution in [0.4, 0.5) is 5.69 Å². The second-order valence-electron chi connectivity index (χ2n) is 2.75. The van der Waals surface area contributed by atoms with Crippen LogP contribution >= 0.6 is 0 Å². The van der Waals surface area contributed by atoms with Crippen LogP contribution in [0.5, 0.6) is 11.5 Å². The van der Waals surface area contributed by atoms with Gasteiger partial charge in [0.05, 0.1) is 0 Å². The molecule has 0 atom stereocenters. The highest BCUT2D eigenvalue weighted by Gasteiger charge is 2.07. The summed E-state index contributed by atoms with van der Waals surface area (Å²) in [7, 11) is 1.59. The number of rotatable bonds is 1. The molecule has 0 unspecified atom stereocenters. The minimum atomic E-state index is -0.231. The van der Waals surface area contributed by atoms with Crippen LogP contribution < -0.4 is 4.90 Å². The number of carbonyl (C=O) groups excluding carboxylic acids is 1. The first-order valence-corrected chi connectivity index (χ1v) is 3.78. The summed E-state index contributed by atoms with van der Waals surface area (Å²) in [4.78, 5) is 12.3. The molecule has 0 saturated heterocycles. The van der Waals surface area contributed by atoms with Gasteiger partial charge in [-0.1, -0.05) is 0 Å². The quantitative estimate of drug-likeness (QED) is 0.637. The van der Waals surface area contributed by atoms with Crippen LogP contribution in [0.1, 0.15) is 6.92 Å². The second-order valence-corrected chi connectivity index (χ2v) is 2.75. The van der Waals surface area contributed by atoms with Gasteiger partial charge in [-0.25, -0.2) is 0 Å². The molecule has 13 heavy (non-hydrogen) atoms. The largest absolute Gasteiger partial charge is 0.504 e. The highest BCUT2D eigenvalue weighted by Crippen LogP contribution is 2.28. The van der Waals surface area contributed by atoms with Crippen molar-refractivity contribution < 1.29 is 15.0 Å². The Hall–Kier alpha value is -1.71. The fourth-order valence-electron chi connectivity index (χ4n) is 0.902. The summed E-state index contributed by atoms with van der Waals surface area (Å²) in [6, 6.07) is 4.22. The number of phenols is 2. The van der Waals surface area contributed by atoms with Gasteiger partial charge >= 0.3 is 0 Å². The standard InChI is InChI=1S/C9H11NO3/c1-6(11)10(2)7-3-4-8(12)9(13)5-7/h3-5,12-13H,1-2H3. The number of aromatic hydroxyl groups is 2. The highest BCUT2D eigenvalue weighted by molar-refractivity contribution is 5.91. The molecule has 0 radical (unpaired) electrons. The van der Waals surface area contributed by atoms with E-state index in [0.717, 1.165) is 0 Å². The first-order valence-electron chi connectivity index (χ1n) is 3.78. The van der Waals surface area contributed by atoms with Gasteiger partial charge in [0.15, 0.2) is 11.5 Å². The van der Waals surface area contributed by atoms with Gasteiger partial charge in [0.1, 0.15) is 0 Å². The maximum atomic E-state index is 10.9. The third kappa shape index (κ3) is 1.90. The second kappa shape index (κ2) is 3.35. The van der Waals surface area contributed by atoms with Crippen LogP contribution in [0.15, 0.2) is 18.2 Å². The molecule has 0 bridgehead atoms. The summed E-state index contributed by atoms with van der Waals surface area (Å²) >= 11 is 0. The lowest BCUT2D eigenvalue weighted by Crippen LogP contribution is -2.22. The van der Waals surface area contributed by atoms with Crippen molar-refractivity contribution in [2.75, 3.05) is 11.9 Å². The number of nitrogens with zero attached hydrogens (tertiary/aromatic N) is 1. The number of carbonyl (C=O) groups is 1. The van der Waals surface area contributed by atoms with Gasteiger partial charge in [-0.3, -0.25) is 4.79 Å². The van der Waals surface area contributed by atoms with E-state index >= 15 is 0 Å². The van der Waals surface area contributed by atoms with Crippen molar-refractivity contribution in [3.63, 3.8) is 0 Å². The fraction of sp³-hybridized carbons (Fsp3) is 0.222. The molecular weight excluding hydrogens is 170 g/mol. The van der Waals surface area contributed by atoms with Crippen LogP contribution in [0.3, 0.4) is 0 Å². The topological polar surface area (TPSA) is 60.8 Å². The molecular formula is C9H11NO3. The van der Waals surface area contributed by atoms with Crippen molar-refractivity contribution in [1.29, 1.82) is 0 Å². The molecule has 0 aliphatic carbocycles. The third-order valence-corrected chi connectivity index (χ3v) is 1.82. The van der Waals surface area contributed by atoms with E-state index in [-0.39, 0.29) is 17.4 Å². The van der Waals surface area contributed by atoms with Crippen LogP contribution in [0.2, 0.25) is 0 Å². The molecule has 0 aromatic heterocycles. The third-order valence-electron chi connectivity index (χ3n) is 1.82. The number of phenolic OH excluding ortho intramolecular Hbond substituents is 2. The molecule has 70 valence electrons. The number of amides is 1. The first-order chi connectivity index (χ1) is 6.02. The predicted molar refractivity (Wildman–Crippen MR) is 48.9 cm³/mol. The summed E-state index contributed by atoms with van der Waals surface area (Å²) in [5.74, 6) is -0.559. The minimum absolute atomic E-state index is 0.134. The van der Waals surface area contributed by atoms with Crippen LogP contribution in [0.25, 0.3) is 0 Å². The zero-order valence-corrected chi connectivity index (χ0v) is 7.48. The van der Waals surface area contributed by atoms with E-state index < -0.39 is 0 Å². The molecule has 0 aliphatic rings. The number of hydrogen-bond acceptors (Lipinski definition) is 3. The van der Waals surface area contributed by atoms with Crippen molar-refractivity contribution in [1.82, 2.24) is 0 Å². The Morgan fingerprint density at radius 2 is 1.92 bits per heavy atom. The van der Waals surface area contributed by atoms with Gasteiger partial charge < -0.3 is 15.1 Å². The van der Waals surface area contributed by atoms with E-state index in [0.29, 0.717) is 5.69 Å². The van der Waals surface area contributed by atoms with E-state index in [4.69, 9.17) is 10.2 Å². The summed E-state index contributed by atoms with van der Waals surface area (Å²) in [5.41, 5.74) is 0.544. The first kappa shape index (κ1) is 9.38. The van der Waals surface area contributed by atoms with Crippen molar-refractivity contribution in [3.8, 4) is 11.5 Å². The Bertz CT molecular complexity index is 336. The molecule has 0 spiro atoms. The maximum Gasteiger partial charge on any atom is 0.223 e. The molecule has 1 aromatic rings. The van der Waals surface area contributed by atoms with Crippen molar-refractivity contribution in [2.24, 2.45) is 0 Å². The normalized spacial score (nSPS) is 9.69. The smallest absolute Gasteiger partial charge is 0.223 e. The lowest BCUT2D eigenvalue weighted by Gasteiger charge is -2.14. The van der Waals surface area contributed by atoms with Gasteiger partial charge in [0.25, 0.3) is 0 Å². The molecule has 4 nitrogen and oxygen atoms in total. The van der Waals surface area contributed by atoms with E-state index in [1.807, 2.05) is 0 Å². The zero-order chi connectivity index (χ0) is 10.0. The minimum Gasteiger partial charge on any atom is -0.504 e. The van der Waals surface area contributed by atoms with E-state index in [9.17, 15) is 4.79 Å². The van der Waals surface area contributed by atoms with Crippen molar-refractivity contribution in [3.05, 3.63) is 18.2 Å². The van der Waals surface area contributed by atoms with E-state index in [2.05, 4.69) is 0 Å². The van der Waals surface area contributed by atoms with Crippen molar-refractivity contribution >= 4 is 11.6 Å². The number of benzene rings is 1. The maximum absolute atomic E-state index is 10.9. The average molecular weight is 181 g/mol. The van der Waals surface area contributed by atoms with E-state index in [1.165, 1.54) is 24.0 Å². The van der Waals surface area contributed by atoms with Gasteiger partial charge in [0, 0.05) is 25.7 Å². The SMILES string of the molecule is CC(=O)N(C)c1ccc(O)c(O)c1. The van der Waals surface area contributed by atoms with Gasteiger partial charge in [-0.15, -0.1) is 0 Å². The number of anilines is 1. The zero-order valence-electron chi connectivity index (χ0n) is 7.48. The Morgan fingerprint density at radius 3 is 2.38 bits per heavy atom. The molecule has 0 aliphatic heterocycles. The Morgan fingerprint density at radius 1 is 1.31 bits per heavy atom. The van der Waals surface area contributed by atoms with Gasteiger partial charge in [0.2, 0.25) is 5.91 Å². The average Bonchev–Trinajstić information content (AvgIpc) is 2.08. The Balaban J connectivity index is 3.03. The van der Waals surface area contributed by atoms with Gasteiger partial charge in [-0.2, -0.15) is 0 Å². The fourth-order valence-corrected chi connectivity index (χ4v) is 0.902. The summed E-state index contributed by atoms with van der Waals surface area (Å²) in [5, 5.41) is 18.2. The van der Waals surface area contributed by atoms with Gasteiger partial charge in [-0.05, 0) is 12.1 Å². The number of hydrogen-bond donors (Lipinski definition) is 2. The Kier molecular flexibility index (Phi) is 2.41. The summed E-state index contributed by atoms with van der Waals surface area (Å²) < 4.78 is 0. The van der Waals surface area contributed by atoms with E-state index in [1.54, 1.807) is 13.1 Å². The molecule has 0 saturated carbocycles. The van der Waals surface area contributed by atoms with Crippen LogP contribution in [-0.2, 0) is 4.79 Å². The molecule has 1 amide bonds. The lowest BCUT2D eigenvalue weighted by molar-refractivity contribution is -0.116. The van der Waals surface area contributed by atoms with Crippen molar-refractivity contribution in [2.45, 2.75) is 6.92 Å². The van der Waals surface area contributed by atoms with Crippen LogP contribution in [-0.4, -0.2) is 23.2 Å². The predicted octanol–water partition coefficient (Wildman–Crippen LogP) is 1.08. The molecule has 0 heterocycles. The molecule has 1 aromatic carbocycles. The molecule has 2 N–H and O–H groups in total. The molecule has 0 fully saturated rings. The molecule has 1 rings (SSSR count). The van der Waals surface area contributed by atoms with Crippen LogP contribution in [0, 0.1) is 0 Å². The summed E-state index contributed by atoms with van der Waals surface area (Å²) in [6.07, 6.45) is 0. The highest BCUT2D eigenvalue weighted by atomic mass is 16.3. The molecule has 4 heteroatoms. The summed E-state index contributed by atoms with van der Waals surface area (Å²) in [6.45, 7) is 1.42. The monoisotopic (exact) mass is 181 g/mol.